The van der Waals surface area contributed by atoms with E-state index in [1.807, 2.05) is 38.1 Å². The van der Waals surface area contributed by atoms with Gasteiger partial charge in [0.05, 0.1) is 15.9 Å². The molecule has 0 spiro atoms. The van der Waals surface area contributed by atoms with Crippen LogP contribution in [0.25, 0.3) is 11.0 Å². The second kappa shape index (κ2) is 9.52. The largest absolute Gasteiger partial charge is 0.341 e. The van der Waals surface area contributed by atoms with Gasteiger partial charge >= 0.3 is 5.69 Å². The first-order chi connectivity index (χ1) is 15.8. The zero-order valence-electron chi connectivity index (χ0n) is 19.0. The fourth-order valence-corrected chi connectivity index (χ4v) is 5.57. The van der Waals surface area contributed by atoms with Crippen LogP contribution in [0.2, 0.25) is 0 Å². The van der Waals surface area contributed by atoms with Crippen molar-refractivity contribution in [2.45, 2.75) is 44.7 Å². The lowest BCUT2D eigenvalue weighted by atomic mass is 9.98. The monoisotopic (exact) mass is 470 g/mol. The average Bonchev–Trinajstić information content (AvgIpc) is 3.09. The van der Waals surface area contributed by atoms with E-state index in [9.17, 15) is 18.0 Å². The third-order valence-electron chi connectivity index (χ3n) is 6.30. The Hall–Kier alpha value is -2.91. The number of amides is 1. The van der Waals surface area contributed by atoms with Crippen molar-refractivity contribution in [3.05, 3.63) is 64.6 Å². The lowest BCUT2D eigenvalue weighted by Crippen LogP contribution is -2.45. The van der Waals surface area contributed by atoms with E-state index in [2.05, 4.69) is 4.72 Å². The Morgan fingerprint density at radius 1 is 1.06 bits per heavy atom. The number of piperidine rings is 1. The van der Waals surface area contributed by atoms with Crippen molar-refractivity contribution < 1.29 is 13.2 Å². The highest BCUT2D eigenvalue weighted by Gasteiger charge is 2.26. The van der Waals surface area contributed by atoms with Crippen LogP contribution in [0.5, 0.6) is 0 Å². The number of aromatic nitrogens is 2. The molecule has 33 heavy (non-hydrogen) atoms. The van der Waals surface area contributed by atoms with E-state index in [1.165, 1.54) is 4.57 Å². The van der Waals surface area contributed by atoms with Gasteiger partial charge in [0.25, 0.3) is 0 Å². The van der Waals surface area contributed by atoms with Crippen LogP contribution < -0.4 is 10.4 Å². The van der Waals surface area contributed by atoms with Gasteiger partial charge < -0.3 is 4.90 Å². The number of likely N-dealkylation sites (tertiary alicyclic amines) is 1. The van der Waals surface area contributed by atoms with E-state index < -0.39 is 10.0 Å². The van der Waals surface area contributed by atoms with Crippen molar-refractivity contribution in [3.63, 3.8) is 0 Å². The molecular formula is C24H30N4O4S. The van der Waals surface area contributed by atoms with E-state index in [0.717, 1.165) is 29.4 Å². The third kappa shape index (κ3) is 4.89. The summed E-state index contributed by atoms with van der Waals surface area (Å²) in [4.78, 5) is 27.9. The molecule has 1 N–H and O–H groups in total. The van der Waals surface area contributed by atoms with Crippen LogP contribution in [0.15, 0.2) is 58.2 Å². The second-order valence-electron chi connectivity index (χ2n) is 8.61. The summed E-state index contributed by atoms with van der Waals surface area (Å²) in [5.41, 5.74) is 2.37. The number of carbonyl (C=O) groups excluding carboxylic acids is 1. The number of carbonyl (C=O) groups is 1. The first-order valence-electron chi connectivity index (χ1n) is 11.3. The number of para-hydroxylation sites is 2. The third-order valence-corrected chi connectivity index (χ3v) is 7.74. The molecule has 1 amide bonds. The summed E-state index contributed by atoms with van der Waals surface area (Å²) in [6, 6.07) is 14.2. The van der Waals surface area contributed by atoms with E-state index in [4.69, 9.17) is 0 Å². The molecule has 1 saturated heterocycles. The number of sulfonamides is 1. The van der Waals surface area contributed by atoms with E-state index in [0.29, 0.717) is 19.6 Å². The van der Waals surface area contributed by atoms with Crippen LogP contribution in [0, 0.1) is 12.8 Å². The van der Waals surface area contributed by atoms with Gasteiger partial charge in [0.15, 0.2) is 0 Å². The Morgan fingerprint density at radius 2 is 1.73 bits per heavy atom. The van der Waals surface area contributed by atoms with Gasteiger partial charge in [-0.1, -0.05) is 29.8 Å². The Labute approximate surface area is 193 Å². The topological polar surface area (TPSA) is 93.4 Å². The number of hydrogen-bond donors (Lipinski definition) is 1. The summed E-state index contributed by atoms with van der Waals surface area (Å²) < 4.78 is 31.1. The number of hydrogen-bond acceptors (Lipinski definition) is 4. The van der Waals surface area contributed by atoms with Crippen LogP contribution >= 0.6 is 0 Å². The molecule has 1 unspecified atom stereocenters. The van der Waals surface area contributed by atoms with Gasteiger partial charge in [-0.15, -0.1) is 0 Å². The van der Waals surface area contributed by atoms with Gasteiger partial charge in [-0.2, -0.15) is 0 Å². The highest BCUT2D eigenvalue weighted by Crippen LogP contribution is 2.19. The molecule has 1 fully saturated rings. The number of aryl methyl sites for hydroxylation is 2. The van der Waals surface area contributed by atoms with Crippen molar-refractivity contribution in [2.75, 3.05) is 19.6 Å². The second-order valence-corrected chi connectivity index (χ2v) is 10.4. The van der Waals surface area contributed by atoms with Crippen LogP contribution in [0.1, 0.15) is 25.3 Å². The molecule has 1 aliphatic rings. The van der Waals surface area contributed by atoms with Crippen LogP contribution in [-0.2, 0) is 27.9 Å². The predicted molar refractivity (Wildman–Crippen MR) is 128 cm³/mol. The molecule has 2 aromatic carbocycles. The van der Waals surface area contributed by atoms with Crippen LogP contribution in [0.3, 0.4) is 0 Å². The molecule has 1 aromatic heterocycles. The number of rotatable bonds is 7. The Balaban J connectivity index is 1.42. The molecule has 0 radical (unpaired) electrons. The van der Waals surface area contributed by atoms with Crippen molar-refractivity contribution in [1.29, 1.82) is 0 Å². The molecule has 0 saturated carbocycles. The van der Waals surface area contributed by atoms with Crippen LogP contribution in [0.4, 0.5) is 0 Å². The average molecular weight is 471 g/mol. The Kier molecular flexibility index (Phi) is 6.71. The first kappa shape index (κ1) is 23.3. The fourth-order valence-electron chi connectivity index (χ4n) is 4.45. The quantitative estimate of drug-likeness (QED) is 0.574. The lowest BCUT2D eigenvalue weighted by Gasteiger charge is -2.33. The smallest absolute Gasteiger partial charge is 0.329 e. The minimum atomic E-state index is -3.59. The first-order valence-corrected chi connectivity index (χ1v) is 12.8. The standard InChI is InChI=1S/C24H30N4O4S/c1-3-27-21-8-4-5-9-22(21)28(24(27)30)17-23(29)26-14-6-7-19(16-26)15-25-33(31,32)20-12-10-18(2)11-13-20/h4-5,8-13,19,25H,3,6-7,14-17H2,1-2H3. The Morgan fingerprint density at radius 3 is 2.39 bits per heavy atom. The molecule has 2 heterocycles. The molecular weight excluding hydrogens is 440 g/mol. The number of imidazole rings is 1. The summed E-state index contributed by atoms with van der Waals surface area (Å²) in [6.45, 7) is 5.69. The van der Waals surface area contributed by atoms with Gasteiger partial charge in [0, 0.05) is 26.2 Å². The fraction of sp³-hybridized carbons (Fsp3) is 0.417. The minimum absolute atomic E-state index is 0.0197. The molecule has 0 aliphatic carbocycles. The molecule has 0 bridgehead atoms. The molecule has 4 rings (SSSR count). The minimum Gasteiger partial charge on any atom is -0.341 e. The number of nitrogens with one attached hydrogen (secondary N) is 1. The van der Waals surface area contributed by atoms with Crippen molar-refractivity contribution in [2.24, 2.45) is 5.92 Å². The van der Waals surface area contributed by atoms with E-state index in [1.54, 1.807) is 33.7 Å². The zero-order chi connectivity index (χ0) is 23.6. The van der Waals surface area contributed by atoms with Gasteiger partial charge in [-0.25, -0.2) is 17.9 Å². The number of fused-ring (bicyclic) bond motifs is 1. The normalized spacial score (nSPS) is 16.9. The van der Waals surface area contributed by atoms with E-state index in [-0.39, 0.29) is 35.5 Å². The molecule has 1 atom stereocenters. The molecule has 1 aliphatic heterocycles. The van der Waals surface area contributed by atoms with Gasteiger partial charge in [0.2, 0.25) is 15.9 Å². The van der Waals surface area contributed by atoms with Crippen molar-refractivity contribution >= 4 is 27.0 Å². The van der Waals surface area contributed by atoms with Gasteiger partial charge in [-0.3, -0.25) is 13.9 Å². The van der Waals surface area contributed by atoms with Gasteiger partial charge in [0.1, 0.15) is 6.54 Å². The van der Waals surface area contributed by atoms with Crippen molar-refractivity contribution in [1.82, 2.24) is 18.8 Å². The molecule has 9 heteroatoms. The SMILES string of the molecule is CCn1c(=O)n(CC(=O)N2CCCC(CNS(=O)(=O)c3ccc(C)cc3)C2)c2ccccc21. The molecule has 176 valence electrons. The maximum atomic E-state index is 13.1. The number of nitrogens with zero attached hydrogens (tertiary/aromatic N) is 3. The van der Waals surface area contributed by atoms with Crippen LogP contribution in [-0.4, -0.2) is 48.0 Å². The van der Waals surface area contributed by atoms with Crippen molar-refractivity contribution in [3.8, 4) is 0 Å². The molecule has 3 aromatic rings. The summed E-state index contributed by atoms with van der Waals surface area (Å²) in [7, 11) is -3.59. The number of benzene rings is 2. The Bertz CT molecular complexity index is 1310. The maximum Gasteiger partial charge on any atom is 0.329 e. The predicted octanol–water partition coefficient (Wildman–Crippen LogP) is 2.35. The summed E-state index contributed by atoms with van der Waals surface area (Å²) in [5.74, 6) is -0.0983. The highest BCUT2D eigenvalue weighted by atomic mass is 32.2. The summed E-state index contributed by atoms with van der Waals surface area (Å²) >= 11 is 0. The van der Waals surface area contributed by atoms with E-state index >= 15 is 0 Å². The zero-order valence-corrected chi connectivity index (χ0v) is 19.8. The van der Waals surface area contributed by atoms with Gasteiger partial charge in [-0.05, 0) is 56.9 Å². The summed E-state index contributed by atoms with van der Waals surface area (Å²) in [6.07, 6.45) is 1.64. The summed E-state index contributed by atoms with van der Waals surface area (Å²) in [5, 5.41) is 0. The molecule has 8 nitrogen and oxygen atoms in total. The highest BCUT2D eigenvalue weighted by molar-refractivity contribution is 7.89. The maximum absolute atomic E-state index is 13.1. The lowest BCUT2D eigenvalue weighted by molar-refractivity contribution is -0.133.